The van der Waals surface area contributed by atoms with Gasteiger partial charge in [0, 0.05) is 166 Å². The van der Waals surface area contributed by atoms with E-state index in [9.17, 15) is 0 Å². The zero-order chi connectivity index (χ0) is 83.4. The zero-order valence-corrected chi connectivity index (χ0v) is 82.9. The minimum atomic E-state index is 0. The molecule has 5 radical (unpaired) electrons. The second kappa shape index (κ2) is 44.2. The molecule has 21 rings (SSSR count). The fraction of sp³-hybridized carbons (Fsp3) is 0.104. The molecule has 0 fully saturated rings. The van der Waals surface area contributed by atoms with Gasteiger partial charge in [-0.05, 0) is 149 Å². The van der Waals surface area contributed by atoms with Gasteiger partial charge in [-0.1, -0.05) is 157 Å². The normalized spacial score (nSPS) is 12.8. The van der Waals surface area contributed by atoms with Gasteiger partial charge in [0.25, 0.3) is 0 Å². The van der Waals surface area contributed by atoms with E-state index in [-0.39, 0.29) is 101 Å². The molecule has 0 N–H and O–H groups in total. The monoisotopic (exact) mass is 2550 g/mol. The molecule has 21 heteroatoms. The predicted molar refractivity (Wildman–Crippen MR) is 498 cm³/mol. The van der Waals surface area contributed by atoms with Crippen LogP contribution < -0.4 is 49.0 Å². The average Bonchev–Trinajstić information content (AvgIpc) is 1.64. The Hall–Kier alpha value is -11.7. The number of pyridine rings is 4. The molecule has 10 heterocycles. The third kappa shape index (κ3) is 20.5. The van der Waals surface area contributed by atoms with Crippen molar-refractivity contribution < 1.29 is 101 Å². The van der Waals surface area contributed by atoms with Crippen molar-refractivity contribution in [2.75, 3.05) is 49.0 Å². The van der Waals surface area contributed by atoms with Crippen molar-refractivity contribution in [2.24, 2.45) is 0 Å². The Morgan fingerprint density at radius 1 is 0.220 bits per heavy atom. The summed E-state index contributed by atoms with van der Waals surface area (Å²) < 4.78 is 0. The number of anilines is 20. The van der Waals surface area contributed by atoms with E-state index < -0.39 is 0 Å². The van der Waals surface area contributed by atoms with E-state index in [1.807, 2.05) is 182 Å². The Morgan fingerprint density at radius 2 is 0.488 bits per heavy atom. The molecule has 0 saturated carbocycles. The quantitative estimate of drug-likeness (QED) is 0.0963. The fourth-order valence-corrected chi connectivity index (χ4v) is 15.6. The Morgan fingerprint density at radius 3 is 0.874 bits per heavy atom. The number of rotatable bonds is 14. The molecule has 5 aliphatic rings. The number of hydrogen-bond acceptors (Lipinski definition) is 16. The van der Waals surface area contributed by atoms with Crippen molar-refractivity contribution in [1.82, 2.24) is 29.9 Å². The molecule has 16 nitrogen and oxygen atoms in total. The van der Waals surface area contributed by atoms with Crippen LogP contribution in [0.25, 0.3) is 11.1 Å². The second-order valence-corrected chi connectivity index (χ2v) is 30.3. The van der Waals surface area contributed by atoms with E-state index in [1.54, 1.807) is 12.4 Å². The summed E-state index contributed by atoms with van der Waals surface area (Å²) in [5.41, 5.74) is 23.8. The number of aromatic nitrogens is 6. The third-order valence-electron chi connectivity index (χ3n) is 21.5. The van der Waals surface area contributed by atoms with Crippen LogP contribution in [0.4, 0.5) is 115 Å². The summed E-state index contributed by atoms with van der Waals surface area (Å²) in [4.78, 5) is 48.8. The van der Waals surface area contributed by atoms with E-state index in [4.69, 9.17) is 0 Å². The van der Waals surface area contributed by atoms with Gasteiger partial charge >= 0.3 is 0 Å². The van der Waals surface area contributed by atoms with E-state index >= 15 is 0 Å². The Bertz CT molecular complexity index is 5870. The Balaban J connectivity index is 0.000000143. The van der Waals surface area contributed by atoms with Gasteiger partial charge in [-0.3, -0.25) is 0 Å². The van der Waals surface area contributed by atoms with Crippen LogP contribution in [0.2, 0.25) is 0 Å². The molecule has 0 bridgehead atoms. The summed E-state index contributed by atoms with van der Waals surface area (Å²) in [5, 5.41) is 0. The van der Waals surface area contributed by atoms with E-state index in [0.29, 0.717) is 17.8 Å². The van der Waals surface area contributed by atoms with Gasteiger partial charge in [0.1, 0.15) is 34.9 Å². The maximum Gasteiger partial charge on any atom is 0.145 e. The summed E-state index contributed by atoms with van der Waals surface area (Å²) in [6.07, 6.45) is 10.8. The Labute approximate surface area is 814 Å². The summed E-state index contributed by atoms with van der Waals surface area (Å²) in [6.45, 7) is 28.0. The molecule has 0 aliphatic carbocycles. The van der Waals surface area contributed by atoms with Crippen molar-refractivity contribution in [1.29, 1.82) is 0 Å². The Kier molecular flexibility index (Phi) is 32.9. The SMILES string of the molecule is CC(C)c1ccccc1N1[CH-]N(c2[c-]cccc2)c2cccnc21.CC(C)c1ccccc1N1[CH-]N(c2[c-]cccc2)c2ncccc21.CC(C)c1ccccc1N1[CH-]N(c2[c-]cccc2)c2nccnc21.Cc1c(-c2ccccc2)cccc1N1[CH-]N(c2[c-]cccc2)c2ncccc21.Cc1ccccc1N1[CH-]N(c2[c-]cccc2)c2ncccc21.[Ir].[Ir].[Ir].[Ir].[Ir]. The maximum atomic E-state index is 4.64. The van der Waals surface area contributed by atoms with Crippen LogP contribution in [0, 0.1) is 77.5 Å². The van der Waals surface area contributed by atoms with Crippen LogP contribution in [0.15, 0.2) is 353 Å². The summed E-state index contributed by atoms with van der Waals surface area (Å²) in [7, 11) is 0. The zero-order valence-electron chi connectivity index (χ0n) is 70.9. The van der Waals surface area contributed by atoms with Crippen molar-refractivity contribution in [3.8, 4) is 11.1 Å². The molecule has 11 aromatic carbocycles. The standard InChI is InChI=1S/C25H19N3.2C21H19N3.C20H18N4.C19H15N3.5Ir/c1-19-22(20-10-4-2-5-11-20)14-8-15-23(19)28-18-27(21-12-6-3-7-13-21)25-24(28)16-9-17-26-25;1-16(2)18-11-6-7-12-19(18)24-15-23(17-9-4-3-5-10-17)21-20(24)13-8-14-22-21;1-16(2)18-11-6-7-12-19(18)24-15-23(17-9-4-3-5-10-17)20-13-8-14-22-21(20)24;1-15(2)17-10-6-7-11-18(17)24-14-23(16-8-4-3-5-9-16)19-20(24)22-13-12-21-19;1-15-8-5-6-11-17(15)22-14-21(16-9-3-2-4-10-16)19-18(22)12-7-13-20-19;;;;;/h2-12,14-18H,1H3;2*3-9,11-16H,1-2H3;3-8,10-15H,1-2H3;2-9,11-14H,1H3;;;;;/q5*-2;;;;;. The van der Waals surface area contributed by atoms with Crippen molar-refractivity contribution in [3.63, 3.8) is 0 Å². The van der Waals surface area contributed by atoms with Crippen molar-refractivity contribution in [2.45, 2.75) is 73.1 Å². The molecule has 649 valence electrons. The summed E-state index contributed by atoms with van der Waals surface area (Å²) in [5.74, 6) is 6.68. The van der Waals surface area contributed by atoms with Gasteiger partial charge in [0.15, 0.2) is 0 Å². The number of para-hydroxylation sites is 9. The van der Waals surface area contributed by atoms with Crippen LogP contribution in [0.1, 0.15) is 87.1 Å². The molecule has 5 aliphatic heterocycles. The minimum Gasteiger partial charge on any atom is -0.492 e. The number of fused-ring (bicyclic) bond motifs is 5. The minimum absolute atomic E-state index is 0. The van der Waals surface area contributed by atoms with Gasteiger partial charge in [0.2, 0.25) is 0 Å². The molecule has 0 saturated heterocycles. The first-order valence-corrected chi connectivity index (χ1v) is 41.0. The molecular weight excluding hydrogens is 2460 g/mol. The average molecular weight is 2550 g/mol. The van der Waals surface area contributed by atoms with Gasteiger partial charge in [0.05, 0.1) is 22.7 Å². The van der Waals surface area contributed by atoms with Crippen LogP contribution in [0.3, 0.4) is 0 Å². The fourth-order valence-electron chi connectivity index (χ4n) is 15.6. The largest absolute Gasteiger partial charge is 0.492 e. The first-order chi connectivity index (χ1) is 59.9. The predicted octanol–water partition coefficient (Wildman–Crippen LogP) is 26.5. The van der Waals surface area contributed by atoms with Crippen LogP contribution >= 0.6 is 0 Å². The molecular formula is C106H90Ir5N16-10. The summed E-state index contributed by atoms with van der Waals surface area (Å²) in [6, 6.07) is 123. The van der Waals surface area contributed by atoms with Crippen LogP contribution in [-0.4, -0.2) is 29.9 Å². The van der Waals surface area contributed by atoms with Crippen molar-refractivity contribution >= 4 is 115 Å². The number of benzene rings is 11. The molecule has 0 unspecified atom stereocenters. The van der Waals surface area contributed by atoms with E-state index in [2.05, 4.69) is 356 Å². The van der Waals surface area contributed by atoms with Gasteiger partial charge in [-0.25, -0.2) is 29.9 Å². The van der Waals surface area contributed by atoms with Crippen LogP contribution in [0.5, 0.6) is 0 Å². The molecule has 0 atom stereocenters. The number of aryl methyl sites for hydroxylation is 1. The molecule has 0 spiro atoms. The maximum absolute atomic E-state index is 4.64. The number of nitrogens with zero attached hydrogens (tertiary/aromatic N) is 16. The van der Waals surface area contributed by atoms with Gasteiger partial charge < -0.3 is 49.0 Å². The third-order valence-corrected chi connectivity index (χ3v) is 21.5. The van der Waals surface area contributed by atoms with E-state index in [1.165, 1.54) is 50.3 Å². The smallest absolute Gasteiger partial charge is 0.145 e. The van der Waals surface area contributed by atoms with E-state index in [0.717, 1.165) is 103 Å². The van der Waals surface area contributed by atoms with Crippen molar-refractivity contribution in [3.05, 3.63) is 444 Å². The number of hydrogen-bond donors (Lipinski definition) is 0. The molecule has 5 aromatic heterocycles. The van der Waals surface area contributed by atoms with Gasteiger partial charge in [-0.15, -0.1) is 61.8 Å². The second-order valence-electron chi connectivity index (χ2n) is 30.3. The molecule has 16 aromatic rings. The summed E-state index contributed by atoms with van der Waals surface area (Å²) >= 11 is 0. The first kappa shape index (κ1) is 94.5. The van der Waals surface area contributed by atoms with Gasteiger partial charge in [-0.2, -0.15) is 152 Å². The molecule has 127 heavy (non-hydrogen) atoms. The van der Waals surface area contributed by atoms with Crippen LogP contribution in [-0.2, 0) is 101 Å². The first-order valence-electron chi connectivity index (χ1n) is 41.0. The topological polar surface area (TPSA) is 110 Å². The molecule has 0 amide bonds.